The average Bonchev–Trinajstić information content (AvgIpc) is 3.27. The van der Waals surface area contributed by atoms with Gasteiger partial charge in [0.25, 0.3) is 10.0 Å². The van der Waals surface area contributed by atoms with Crippen LogP contribution in [0.1, 0.15) is 5.56 Å². The molecule has 0 unspecified atom stereocenters. The van der Waals surface area contributed by atoms with Gasteiger partial charge in [-0.2, -0.15) is 4.98 Å². The number of hydrogen-bond donors (Lipinski definition) is 3. The van der Waals surface area contributed by atoms with Gasteiger partial charge in [0.05, 0.1) is 15.9 Å². The first kappa shape index (κ1) is 26.4. The van der Waals surface area contributed by atoms with Gasteiger partial charge in [0, 0.05) is 38.2 Å². The predicted molar refractivity (Wildman–Crippen MR) is 150 cm³/mol. The van der Waals surface area contributed by atoms with Gasteiger partial charge < -0.3 is 20.1 Å². The number of sulfonamides is 1. The van der Waals surface area contributed by atoms with Crippen LogP contribution in [-0.4, -0.2) is 35.0 Å². The Balaban J connectivity index is 1.34. The molecule has 39 heavy (non-hydrogen) atoms. The van der Waals surface area contributed by atoms with Gasteiger partial charge in [-0.05, 0) is 71.9 Å². The summed E-state index contributed by atoms with van der Waals surface area (Å²) < 4.78 is 40.9. The normalized spacial score (nSPS) is 11.5. The van der Waals surface area contributed by atoms with Crippen LogP contribution in [0.4, 0.5) is 33.5 Å². The maximum Gasteiger partial charge on any atom is 0.253 e. The zero-order chi connectivity index (χ0) is 27.6. The number of imidazole rings is 1. The summed E-state index contributed by atoms with van der Waals surface area (Å²) in [6.07, 6.45) is 1.61. The number of benzene rings is 3. The van der Waals surface area contributed by atoms with Crippen LogP contribution in [0, 0.1) is 5.82 Å². The van der Waals surface area contributed by atoms with Gasteiger partial charge in [-0.25, -0.2) is 22.8 Å². The van der Waals surface area contributed by atoms with Crippen LogP contribution in [-0.2, 0) is 23.6 Å². The molecule has 10 nitrogen and oxygen atoms in total. The minimum Gasteiger partial charge on any atom is -0.352 e. The largest absolute Gasteiger partial charge is 0.352 e. The fourth-order valence-corrected chi connectivity index (χ4v) is 4.88. The van der Waals surface area contributed by atoms with E-state index in [1.165, 1.54) is 24.3 Å². The smallest absolute Gasteiger partial charge is 0.253 e. The highest BCUT2D eigenvalue weighted by molar-refractivity contribution is 7.90. The molecular formula is C26H24ClFN8O2S. The molecule has 3 aromatic carbocycles. The van der Waals surface area contributed by atoms with E-state index >= 15 is 0 Å². The molecule has 2 aromatic heterocycles. The summed E-state index contributed by atoms with van der Waals surface area (Å²) in [6.45, 7) is 0.512. The highest BCUT2D eigenvalue weighted by Crippen LogP contribution is 2.28. The van der Waals surface area contributed by atoms with E-state index in [1.54, 1.807) is 40.8 Å². The molecule has 13 heteroatoms. The van der Waals surface area contributed by atoms with E-state index in [0.29, 0.717) is 29.9 Å². The SMILES string of the molecule is CN(c1ccc2c(c1)nc(NCc1ccc(F)cc1)n2C)c1ccnc(Nc2cccc(S(=O)(=O)NCl)c2)n1. The van der Waals surface area contributed by atoms with Crippen LogP contribution in [0.5, 0.6) is 0 Å². The van der Waals surface area contributed by atoms with Crippen molar-refractivity contribution < 1.29 is 12.8 Å². The Morgan fingerprint density at radius 3 is 2.59 bits per heavy atom. The molecule has 0 fully saturated rings. The van der Waals surface area contributed by atoms with Gasteiger partial charge in [-0.15, -0.1) is 4.24 Å². The molecule has 0 radical (unpaired) electrons. The Morgan fingerprint density at radius 1 is 1.03 bits per heavy atom. The monoisotopic (exact) mass is 566 g/mol. The molecule has 0 bridgehead atoms. The molecule has 0 atom stereocenters. The number of nitrogens with zero attached hydrogens (tertiary/aromatic N) is 5. The second kappa shape index (κ2) is 10.8. The number of aryl methyl sites for hydroxylation is 1. The Kier molecular flexibility index (Phi) is 7.33. The Bertz CT molecular complexity index is 1750. The topological polar surface area (TPSA) is 117 Å². The van der Waals surface area contributed by atoms with Gasteiger partial charge >= 0.3 is 0 Å². The summed E-state index contributed by atoms with van der Waals surface area (Å²) in [4.78, 5) is 15.5. The molecule has 5 rings (SSSR count). The summed E-state index contributed by atoms with van der Waals surface area (Å²) in [6, 6.07) is 20.2. The molecule has 5 aromatic rings. The lowest BCUT2D eigenvalue weighted by Crippen LogP contribution is -2.14. The summed E-state index contributed by atoms with van der Waals surface area (Å²) in [7, 11) is -0.00264. The van der Waals surface area contributed by atoms with Crippen LogP contribution in [0.15, 0.2) is 83.9 Å². The molecule has 3 N–H and O–H groups in total. The zero-order valence-corrected chi connectivity index (χ0v) is 22.5. The third-order valence-corrected chi connectivity index (χ3v) is 7.79. The number of rotatable bonds is 9. The number of anilines is 5. The average molecular weight is 567 g/mol. The minimum atomic E-state index is -3.81. The van der Waals surface area contributed by atoms with Gasteiger partial charge in [0.1, 0.15) is 11.6 Å². The fourth-order valence-electron chi connectivity index (χ4n) is 3.98. The van der Waals surface area contributed by atoms with Crippen molar-refractivity contribution in [2.75, 3.05) is 22.6 Å². The van der Waals surface area contributed by atoms with Crippen molar-refractivity contribution in [2.24, 2.45) is 7.05 Å². The van der Waals surface area contributed by atoms with Crippen LogP contribution in [0.25, 0.3) is 11.0 Å². The van der Waals surface area contributed by atoms with Crippen molar-refractivity contribution in [2.45, 2.75) is 11.4 Å². The van der Waals surface area contributed by atoms with Gasteiger partial charge in [-0.3, -0.25) is 0 Å². The molecule has 0 saturated heterocycles. The Hall–Kier alpha value is -4.26. The van der Waals surface area contributed by atoms with Gasteiger partial charge in [0.15, 0.2) is 0 Å². The lowest BCUT2D eigenvalue weighted by atomic mass is 10.2. The zero-order valence-electron chi connectivity index (χ0n) is 20.9. The molecule has 0 aliphatic rings. The van der Waals surface area contributed by atoms with E-state index in [4.69, 9.17) is 16.8 Å². The lowest BCUT2D eigenvalue weighted by Gasteiger charge is -2.19. The fraction of sp³-hybridized carbons (Fsp3) is 0.115. The van der Waals surface area contributed by atoms with Crippen molar-refractivity contribution >= 4 is 61.9 Å². The van der Waals surface area contributed by atoms with E-state index in [-0.39, 0.29) is 10.7 Å². The van der Waals surface area contributed by atoms with E-state index in [0.717, 1.165) is 22.3 Å². The molecule has 0 spiro atoms. The third-order valence-electron chi connectivity index (χ3n) is 6.10. The standard InChI is InChI=1S/C26H24ClFN8O2S/c1-35(24-12-13-29-25(33-24)31-19-4-3-5-21(14-19)39(37,38)34-27)20-10-11-23-22(15-20)32-26(36(23)2)30-16-17-6-8-18(28)9-7-17/h3-15,34H,16H2,1-2H3,(H,30,32)(H,29,31,33). The number of hydrogen-bond acceptors (Lipinski definition) is 8. The van der Waals surface area contributed by atoms with E-state index in [1.807, 2.05) is 41.8 Å². The summed E-state index contributed by atoms with van der Waals surface area (Å²) in [5, 5.41) is 6.33. The second-order valence-electron chi connectivity index (χ2n) is 8.68. The molecule has 0 aliphatic carbocycles. The van der Waals surface area contributed by atoms with Gasteiger partial charge in [0.2, 0.25) is 11.9 Å². The first-order valence-corrected chi connectivity index (χ1v) is 13.6. The summed E-state index contributed by atoms with van der Waals surface area (Å²) in [5.41, 5.74) is 4.03. The predicted octanol–water partition coefficient (Wildman–Crippen LogP) is 5.06. The maximum absolute atomic E-state index is 13.2. The molecular weight excluding hydrogens is 543 g/mol. The highest BCUT2D eigenvalue weighted by atomic mass is 35.5. The Morgan fingerprint density at radius 2 is 1.82 bits per heavy atom. The second-order valence-corrected chi connectivity index (χ2v) is 10.8. The molecule has 0 amide bonds. The first-order chi connectivity index (χ1) is 18.7. The number of halogens is 2. The van der Waals surface area contributed by atoms with Crippen LogP contribution < -0.4 is 19.8 Å². The summed E-state index contributed by atoms with van der Waals surface area (Å²) >= 11 is 5.34. The van der Waals surface area contributed by atoms with Crippen molar-refractivity contribution in [1.82, 2.24) is 23.8 Å². The minimum absolute atomic E-state index is 0.00552. The Labute approximate surface area is 229 Å². The van der Waals surface area contributed by atoms with Crippen LogP contribution in [0.2, 0.25) is 0 Å². The van der Waals surface area contributed by atoms with Crippen molar-refractivity contribution in [1.29, 1.82) is 0 Å². The number of aromatic nitrogens is 4. The molecule has 2 heterocycles. The van der Waals surface area contributed by atoms with Crippen molar-refractivity contribution in [3.8, 4) is 0 Å². The molecule has 0 aliphatic heterocycles. The van der Waals surface area contributed by atoms with E-state index < -0.39 is 10.0 Å². The quantitative estimate of drug-likeness (QED) is 0.212. The van der Waals surface area contributed by atoms with Crippen molar-refractivity contribution in [3.63, 3.8) is 0 Å². The maximum atomic E-state index is 13.2. The van der Waals surface area contributed by atoms with Crippen LogP contribution in [0.3, 0.4) is 0 Å². The van der Waals surface area contributed by atoms with E-state index in [2.05, 4.69) is 20.6 Å². The highest BCUT2D eigenvalue weighted by Gasteiger charge is 2.15. The first-order valence-electron chi connectivity index (χ1n) is 11.7. The molecule has 0 saturated carbocycles. The van der Waals surface area contributed by atoms with Crippen molar-refractivity contribution in [3.05, 3.63) is 90.4 Å². The third kappa shape index (κ3) is 5.77. The van der Waals surface area contributed by atoms with Gasteiger partial charge in [-0.1, -0.05) is 18.2 Å². The van der Waals surface area contributed by atoms with Crippen LogP contribution >= 0.6 is 11.8 Å². The number of fused-ring (bicyclic) bond motifs is 1. The van der Waals surface area contributed by atoms with E-state index in [9.17, 15) is 12.8 Å². The number of nitrogens with one attached hydrogen (secondary N) is 3. The molecule has 200 valence electrons. The summed E-state index contributed by atoms with van der Waals surface area (Å²) in [5.74, 6) is 1.33. The lowest BCUT2D eigenvalue weighted by molar-refractivity contribution is 0.594.